The first-order valence-corrected chi connectivity index (χ1v) is 7.21. The minimum absolute atomic E-state index is 0.132. The van der Waals surface area contributed by atoms with Crippen LogP contribution >= 0.6 is 0 Å². The molecule has 0 radical (unpaired) electrons. The molecule has 0 saturated carbocycles. The molecule has 0 bridgehead atoms. The van der Waals surface area contributed by atoms with Crippen LogP contribution in [-0.2, 0) is 9.59 Å². The van der Waals surface area contributed by atoms with E-state index in [9.17, 15) is 14.0 Å². The molecule has 6 heteroatoms. The Balaban J connectivity index is 1.74. The van der Waals surface area contributed by atoms with Crippen LogP contribution in [0.25, 0.3) is 0 Å². The molecule has 0 fully saturated rings. The van der Waals surface area contributed by atoms with Gasteiger partial charge in [-0.05, 0) is 36.4 Å². The van der Waals surface area contributed by atoms with Crippen molar-refractivity contribution in [3.8, 4) is 5.75 Å². The number of hydrogen-bond donors (Lipinski definition) is 1. The Hall–Kier alpha value is -2.89. The molecule has 2 aromatic carbocycles. The summed E-state index contributed by atoms with van der Waals surface area (Å²) in [7, 11) is 0. The Kier molecular flexibility index (Phi) is 4.23. The first-order chi connectivity index (χ1) is 11.1. The number of benzene rings is 2. The van der Waals surface area contributed by atoms with Crippen LogP contribution in [-0.4, -0.2) is 25.0 Å². The number of fused-ring (bicyclic) bond motifs is 1. The molecule has 118 valence electrons. The smallest absolute Gasteiger partial charge is 0.264 e. The summed E-state index contributed by atoms with van der Waals surface area (Å²) in [6, 6.07) is 12.6. The molecule has 1 aliphatic rings. The lowest BCUT2D eigenvalue weighted by Crippen LogP contribution is -2.35. The normalized spacial score (nSPS) is 13.8. The Morgan fingerprint density at radius 1 is 1.17 bits per heavy atom. The van der Waals surface area contributed by atoms with Crippen molar-refractivity contribution in [1.82, 2.24) is 0 Å². The number of halogens is 1. The maximum atomic E-state index is 12.9. The van der Waals surface area contributed by atoms with Crippen LogP contribution in [0.5, 0.6) is 5.75 Å². The summed E-state index contributed by atoms with van der Waals surface area (Å²) in [4.78, 5) is 25.7. The maximum Gasteiger partial charge on any atom is 0.264 e. The lowest BCUT2D eigenvalue weighted by Gasteiger charge is -2.22. The number of hydrogen-bond acceptors (Lipinski definition) is 3. The quantitative estimate of drug-likeness (QED) is 0.947. The topological polar surface area (TPSA) is 58.6 Å². The Morgan fingerprint density at radius 3 is 2.70 bits per heavy atom. The first-order valence-electron chi connectivity index (χ1n) is 7.21. The van der Waals surface area contributed by atoms with Crippen molar-refractivity contribution in [3.05, 3.63) is 54.3 Å². The van der Waals surface area contributed by atoms with Crippen LogP contribution < -0.4 is 15.0 Å². The van der Waals surface area contributed by atoms with Gasteiger partial charge in [0.25, 0.3) is 5.91 Å². The van der Waals surface area contributed by atoms with Gasteiger partial charge in [0.05, 0.1) is 11.4 Å². The number of carbonyl (C=O) groups is 2. The van der Waals surface area contributed by atoms with Gasteiger partial charge in [-0.15, -0.1) is 0 Å². The SMILES string of the molecule is O=C1CCN(C(=O)COc2ccc(F)cc2)c2ccccc2N1. The van der Waals surface area contributed by atoms with Gasteiger partial charge in [-0.3, -0.25) is 9.59 Å². The first kappa shape index (κ1) is 15.0. The van der Waals surface area contributed by atoms with Crippen molar-refractivity contribution in [2.24, 2.45) is 0 Å². The summed E-state index contributed by atoms with van der Waals surface area (Å²) in [5.41, 5.74) is 1.25. The molecule has 0 aliphatic carbocycles. The second kappa shape index (κ2) is 6.48. The third-order valence-corrected chi connectivity index (χ3v) is 3.51. The van der Waals surface area contributed by atoms with Crippen LogP contribution in [0.4, 0.5) is 15.8 Å². The highest BCUT2D eigenvalue weighted by Crippen LogP contribution is 2.28. The van der Waals surface area contributed by atoms with Crippen LogP contribution in [0.15, 0.2) is 48.5 Å². The van der Waals surface area contributed by atoms with Crippen LogP contribution in [0.2, 0.25) is 0 Å². The van der Waals surface area contributed by atoms with E-state index in [2.05, 4.69) is 5.32 Å². The van der Waals surface area contributed by atoms with Crippen LogP contribution in [0.3, 0.4) is 0 Å². The molecular formula is C17H15FN2O3. The van der Waals surface area contributed by atoms with E-state index in [1.54, 1.807) is 24.3 Å². The van der Waals surface area contributed by atoms with Crippen LogP contribution in [0, 0.1) is 5.82 Å². The van der Waals surface area contributed by atoms with Crippen molar-refractivity contribution in [2.45, 2.75) is 6.42 Å². The third kappa shape index (κ3) is 3.48. The summed E-state index contributed by atoms with van der Waals surface area (Å²) >= 11 is 0. The number of para-hydroxylation sites is 2. The van der Waals surface area contributed by atoms with E-state index in [-0.39, 0.29) is 37.2 Å². The Labute approximate surface area is 132 Å². The standard InChI is InChI=1S/C17H15FN2O3/c18-12-5-7-13(8-6-12)23-11-17(22)20-10-9-16(21)19-14-3-1-2-4-15(14)20/h1-8H,9-11H2,(H,19,21). The molecule has 2 amide bonds. The molecular weight excluding hydrogens is 299 g/mol. The molecule has 3 rings (SSSR count). The van der Waals surface area contributed by atoms with Crippen molar-refractivity contribution in [1.29, 1.82) is 0 Å². The summed E-state index contributed by atoms with van der Waals surface area (Å²) < 4.78 is 18.2. The Morgan fingerprint density at radius 2 is 1.91 bits per heavy atom. The van der Waals surface area contributed by atoms with E-state index in [0.717, 1.165) is 0 Å². The van der Waals surface area contributed by atoms with E-state index in [0.29, 0.717) is 17.1 Å². The predicted octanol–water partition coefficient (Wildman–Crippen LogP) is 2.58. The van der Waals surface area contributed by atoms with Gasteiger partial charge < -0.3 is 15.0 Å². The fourth-order valence-corrected chi connectivity index (χ4v) is 2.37. The molecule has 23 heavy (non-hydrogen) atoms. The van der Waals surface area contributed by atoms with Gasteiger partial charge in [-0.2, -0.15) is 0 Å². The highest BCUT2D eigenvalue weighted by molar-refractivity contribution is 6.04. The second-order valence-electron chi connectivity index (χ2n) is 5.10. The molecule has 1 N–H and O–H groups in total. The summed E-state index contributed by atoms with van der Waals surface area (Å²) in [6.45, 7) is 0.0998. The molecule has 0 saturated heterocycles. The van der Waals surface area contributed by atoms with E-state index in [1.807, 2.05) is 0 Å². The average molecular weight is 314 g/mol. The number of amides is 2. The molecule has 0 spiro atoms. The number of nitrogens with one attached hydrogen (secondary N) is 1. The van der Waals surface area contributed by atoms with E-state index in [1.165, 1.54) is 29.2 Å². The summed E-state index contributed by atoms with van der Waals surface area (Å²) in [6.07, 6.45) is 0.219. The molecule has 1 aliphatic heterocycles. The van der Waals surface area contributed by atoms with Gasteiger partial charge in [-0.1, -0.05) is 12.1 Å². The number of anilines is 2. The van der Waals surface area contributed by atoms with E-state index >= 15 is 0 Å². The fraction of sp³-hybridized carbons (Fsp3) is 0.176. The molecule has 5 nitrogen and oxygen atoms in total. The zero-order chi connectivity index (χ0) is 16.2. The minimum Gasteiger partial charge on any atom is -0.484 e. The van der Waals surface area contributed by atoms with E-state index in [4.69, 9.17) is 4.74 Å². The third-order valence-electron chi connectivity index (χ3n) is 3.51. The zero-order valence-electron chi connectivity index (χ0n) is 12.3. The number of ether oxygens (including phenoxy) is 1. The number of nitrogens with zero attached hydrogens (tertiary/aromatic N) is 1. The van der Waals surface area contributed by atoms with Crippen molar-refractivity contribution in [3.63, 3.8) is 0 Å². The summed E-state index contributed by atoms with van der Waals surface area (Å²) in [5.74, 6) is -0.350. The summed E-state index contributed by atoms with van der Waals surface area (Å²) in [5, 5.41) is 2.77. The molecule has 0 aromatic heterocycles. The van der Waals surface area contributed by atoms with E-state index < -0.39 is 0 Å². The second-order valence-corrected chi connectivity index (χ2v) is 5.10. The fourth-order valence-electron chi connectivity index (χ4n) is 2.37. The van der Waals surface area contributed by atoms with Gasteiger partial charge in [0, 0.05) is 13.0 Å². The zero-order valence-corrected chi connectivity index (χ0v) is 12.3. The molecule has 2 aromatic rings. The lowest BCUT2D eigenvalue weighted by atomic mass is 10.2. The van der Waals surface area contributed by atoms with Gasteiger partial charge in [0.2, 0.25) is 5.91 Å². The Bertz CT molecular complexity index is 731. The van der Waals surface area contributed by atoms with Crippen molar-refractivity contribution < 1.29 is 18.7 Å². The van der Waals surface area contributed by atoms with Crippen LogP contribution in [0.1, 0.15) is 6.42 Å². The average Bonchev–Trinajstić information content (AvgIpc) is 2.72. The van der Waals surface area contributed by atoms with Gasteiger partial charge >= 0.3 is 0 Å². The van der Waals surface area contributed by atoms with Crippen molar-refractivity contribution >= 4 is 23.2 Å². The van der Waals surface area contributed by atoms with Gasteiger partial charge in [0.15, 0.2) is 6.61 Å². The highest BCUT2D eigenvalue weighted by atomic mass is 19.1. The molecule has 1 heterocycles. The predicted molar refractivity (Wildman–Crippen MR) is 83.9 cm³/mol. The lowest BCUT2D eigenvalue weighted by molar-refractivity contribution is -0.120. The maximum absolute atomic E-state index is 12.9. The molecule has 0 unspecified atom stereocenters. The largest absolute Gasteiger partial charge is 0.484 e. The molecule has 0 atom stereocenters. The monoisotopic (exact) mass is 314 g/mol. The highest BCUT2D eigenvalue weighted by Gasteiger charge is 2.23. The van der Waals surface area contributed by atoms with Gasteiger partial charge in [-0.25, -0.2) is 4.39 Å². The van der Waals surface area contributed by atoms with Crippen molar-refractivity contribution in [2.75, 3.05) is 23.4 Å². The number of rotatable bonds is 3. The number of carbonyl (C=O) groups excluding carboxylic acids is 2. The van der Waals surface area contributed by atoms with Gasteiger partial charge in [0.1, 0.15) is 11.6 Å². The minimum atomic E-state index is -0.366.